The third-order valence-corrected chi connectivity index (χ3v) is 4.08. The first-order chi connectivity index (χ1) is 12.6. The minimum Gasteiger partial charge on any atom is -0.481 e. The van der Waals surface area contributed by atoms with Crippen LogP contribution in [0, 0.1) is 0 Å². The van der Waals surface area contributed by atoms with Crippen LogP contribution in [0.1, 0.15) is 11.1 Å². The lowest BCUT2D eigenvalue weighted by Gasteiger charge is -2.09. The fraction of sp³-hybridized carbons (Fsp3) is 0.200. The number of carbonyl (C=O) groups is 2. The van der Waals surface area contributed by atoms with Crippen LogP contribution in [0.5, 0.6) is 5.75 Å². The smallest absolute Gasteiger partial charge is 0.343 e. The molecule has 0 atom stereocenters. The molecule has 6 heteroatoms. The summed E-state index contributed by atoms with van der Waals surface area (Å²) in [6, 6.07) is 15.6. The van der Waals surface area contributed by atoms with Crippen molar-refractivity contribution in [1.82, 2.24) is 4.57 Å². The van der Waals surface area contributed by atoms with Gasteiger partial charge in [0.15, 0.2) is 6.61 Å². The number of methoxy groups -OCH3 is 1. The van der Waals surface area contributed by atoms with Gasteiger partial charge in [0.05, 0.1) is 19.0 Å². The highest BCUT2D eigenvalue weighted by molar-refractivity contribution is 5.93. The number of hydrogen-bond donors (Lipinski definition) is 1. The van der Waals surface area contributed by atoms with E-state index in [0.717, 1.165) is 22.0 Å². The van der Waals surface area contributed by atoms with E-state index in [-0.39, 0.29) is 13.0 Å². The summed E-state index contributed by atoms with van der Waals surface area (Å²) in [6.07, 6.45) is 2.00. The van der Waals surface area contributed by atoms with Crippen molar-refractivity contribution in [2.45, 2.75) is 13.0 Å². The summed E-state index contributed by atoms with van der Waals surface area (Å²) in [6.45, 7) is 0.450. The highest BCUT2D eigenvalue weighted by Crippen LogP contribution is 2.31. The van der Waals surface area contributed by atoms with Gasteiger partial charge in [-0.2, -0.15) is 0 Å². The zero-order chi connectivity index (χ0) is 18.5. The zero-order valence-corrected chi connectivity index (χ0v) is 14.5. The molecule has 1 aromatic heterocycles. The lowest BCUT2D eigenvalue weighted by molar-refractivity contribution is -0.142. The number of benzene rings is 2. The summed E-state index contributed by atoms with van der Waals surface area (Å²) in [5, 5.41) is 0.783. The van der Waals surface area contributed by atoms with Gasteiger partial charge in [0, 0.05) is 18.1 Å². The average Bonchev–Trinajstić information content (AvgIpc) is 2.98. The molecule has 2 aromatic carbocycles. The highest BCUT2D eigenvalue weighted by Gasteiger charge is 2.16. The van der Waals surface area contributed by atoms with E-state index >= 15 is 0 Å². The fourth-order valence-electron chi connectivity index (χ4n) is 2.95. The van der Waals surface area contributed by atoms with Crippen LogP contribution in [-0.2, 0) is 27.3 Å². The molecule has 0 aliphatic rings. The van der Waals surface area contributed by atoms with Crippen molar-refractivity contribution >= 4 is 22.8 Å². The minimum absolute atomic E-state index is 0.0941. The molecule has 0 saturated heterocycles. The van der Waals surface area contributed by atoms with Gasteiger partial charge < -0.3 is 19.8 Å². The Labute approximate surface area is 151 Å². The number of aromatic nitrogens is 1. The van der Waals surface area contributed by atoms with E-state index in [2.05, 4.69) is 4.74 Å². The monoisotopic (exact) mass is 352 g/mol. The molecular weight excluding hydrogens is 332 g/mol. The molecule has 0 unspecified atom stereocenters. The molecule has 0 saturated carbocycles. The maximum absolute atomic E-state index is 11.5. The molecular formula is C20H20N2O4. The second kappa shape index (κ2) is 7.74. The first-order valence-electron chi connectivity index (χ1n) is 8.21. The van der Waals surface area contributed by atoms with E-state index in [1.54, 1.807) is 6.07 Å². The van der Waals surface area contributed by atoms with Gasteiger partial charge in [0.25, 0.3) is 0 Å². The number of carbonyl (C=O) groups excluding carboxylic acids is 2. The standard InChI is InChI=1S/C20H20N2O4/c1-25-19(24)13-26-17-9-5-8-16-20(17)15(10-18(21)23)12-22(16)11-14-6-3-2-4-7-14/h2-9,12H,10-11,13H2,1H3,(H2,21,23). The highest BCUT2D eigenvalue weighted by atomic mass is 16.6. The predicted molar refractivity (Wildman–Crippen MR) is 97.9 cm³/mol. The Morgan fingerprint density at radius 1 is 1.08 bits per heavy atom. The van der Waals surface area contributed by atoms with Gasteiger partial charge in [0.1, 0.15) is 5.75 Å². The van der Waals surface area contributed by atoms with Crippen LogP contribution < -0.4 is 10.5 Å². The molecule has 0 aliphatic heterocycles. The van der Waals surface area contributed by atoms with Gasteiger partial charge in [0.2, 0.25) is 5.91 Å². The fourth-order valence-corrected chi connectivity index (χ4v) is 2.95. The van der Waals surface area contributed by atoms with Gasteiger partial charge >= 0.3 is 5.97 Å². The number of nitrogens with zero attached hydrogens (tertiary/aromatic N) is 1. The lowest BCUT2D eigenvalue weighted by Crippen LogP contribution is -2.14. The second-order valence-electron chi connectivity index (χ2n) is 5.93. The number of fused-ring (bicyclic) bond motifs is 1. The number of esters is 1. The molecule has 3 aromatic rings. The van der Waals surface area contributed by atoms with Gasteiger partial charge in [-0.25, -0.2) is 4.79 Å². The molecule has 0 spiro atoms. The largest absolute Gasteiger partial charge is 0.481 e. The van der Waals surface area contributed by atoms with Crippen molar-refractivity contribution in [3.8, 4) is 5.75 Å². The third-order valence-electron chi connectivity index (χ3n) is 4.08. The number of amides is 1. The first kappa shape index (κ1) is 17.5. The Hall–Kier alpha value is -3.28. The van der Waals surface area contributed by atoms with Crippen molar-refractivity contribution in [2.24, 2.45) is 5.73 Å². The minimum atomic E-state index is -0.470. The number of rotatable bonds is 7. The third kappa shape index (κ3) is 3.85. The quantitative estimate of drug-likeness (QED) is 0.661. The summed E-state index contributed by atoms with van der Waals surface area (Å²) in [5.41, 5.74) is 8.22. The normalized spacial score (nSPS) is 10.7. The van der Waals surface area contributed by atoms with E-state index in [4.69, 9.17) is 10.5 Å². The van der Waals surface area contributed by atoms with Crippen LogP contribution in [0.25, 0.3) is 10.9 Å². The second-order valence-corrected chi connectivity index (χ2v) is 5.93. The summed E-state index contributed by atoms with van der Waals surface area (Å²) in [4.78, 5) is 22.9. The van der Waals surface area contributed by atoms with E-state index in [1.807, 2.05) is 53.2 Å². The van der Waals surface area contributed by atoms with E-state index in [9.17, 15) is 9.59 Å². The average molecular weight is 352 g/mol. The van der Waals surface area contributed by atoms with Crippen molar-refractivity contribution in [1.29, 1.82) is 0 Å². The molecule has 1 heterocycles. The van der Waals surface area contributed by atoms with Crippen LogP contribution in [0.4, 0.5) is 0 Å². The van der Waals surface area contributed by atoms with Crippen molar-refractivity contribution in [3.63, 3.8) is 0 Å². The summed E-state index contributed by atoms with van der Waals surface area (Å²) in [5.74, 6) is -0.371. The van der Waals surface area contributed by atoms with Crippen molar-refractivity contribution < 1.29 is 19.1 Å². The van der Waals surface area contributed by atoms with Gasteiger partial charge in [-0.1, -0.05) is 36.4 Å². The van der Waals surface area contributed by atoms with Crippen LogP contribution in [-0.4, -0.2) is 30.2 Å². The molecule has 0 bridgehead atoms. The number of hydrogen-bond acceptors (Lipinski definition) is 4. The molecule has 0 fully saturated rings. The molecule has 26 heavy (non-hydrogen) atoms. The molecule has 2 N–H and O–H groups in total. The number of ether oxygens (including phenoxy) is 2. The first-order valence-corrected chi connectivity index (χ1v) is 8.21. The lowest BCUT2D eigenvalue weighted by atomic mass is 10.1. The van der Waals surface area contributed by atoms with Crippen molar-refractivity contribution in [2.75, 3.05) is 13.7 Å². The number of nitrogens with two attached hydrogens (primary N) is 1. The van der Waals surface area contributed by atoms with Gasteiger partial charge in [-0.05, 0) is 23.3 Å². The Balaban J connectivity index is 2.03. The Bertz CT molecular complexity index is 932. The Kier molecular flexibility index (Phi) is 5.22. The van der Waals surface area contributed by atoms with Crippen LogP contribution in [0.2, 0.25) is 0 Å². The van der Waals surface area contributed by atoms with E-state index in [0.29, 0.717) is 12.3 Å². The van der Waals surface area contributed by atoms with E-state index < -0.39 is 11.9 Å². The molecule has 1 amide bonds. The SMILES string of the molecule is COC(=O)COc1cccc2c1c(CC(N)=O)cn2Cc1ccccc1. The molecule has 0 aliphatic carbocycles. The molecule has 3 rings (SSSR count). The Morgan fingerprint density at radius 2 is 1.85 bits per heavy atom. The van der Waals surface area contributed by atoms with Crippen LogP contribution in [0.15, 0.2) is 54.7 Å². The number of primary amides is 1. The predicted octanol–water partition coefficient (Wildman–Crippen LogP) is 2.27. The molecule has 0 radical (unpaired) electrons. The van der Waals surface area contributed by atoms with Crippen molar-refractivity contribution in [3.05, 3.63) is 65.9 Å². The molecule has 6 nitrogen and oxygen atoms in total. The Morgan fingerprint density at radius 3 is 2.54 bits per heavy atom. The van der Waals surface area contributed by atoms with Crippen LogP contribution >= 0.6 is 0 Å². The van der Waals surface area contributed by atoms with Crippen LogP contribution in [0.3, 0.4) is 0 Å². The van der Waals surface area contributed by atoms with Gasteiger partial charge in [-0.15, -0.1) is 0 Å². The molecule has 134 valence electrons. The summed E-state index contributed by atoms with van der Waals surface area (Å²) < 4.78 is 12.3. The van der Waals surface area contributed by atoms with E-state index in [1.165, 1.54) is 7.11 Å². The zero-order valence-electron chi connectivity index (χ0n) is 14.5. The maximum atomic E-state index is 11.5. The van der Waals surface area contributed by atoms with Gasteiger partial charge in [-0.3, -0.25) is 4.79 Å². The topological polar surface area (TPSA) is 83.6 Å². The maximum Gasteiger partial charge on any atom is 0.343 e. The summed E-state index contributed by atoms with van der Waals surface area (Å²) >= 11 is 0. The summed E-state index contributed by atoms with van der Waals surface area (Å²) in [7, 11) is 1.31.